The number of benzene rings is 3. The predicted octanol–water partition coefficient (Wildman–Crippen LogP) is 4.41. The van der Waals surface area contributed by atoms with Gasteiger partial charge >= 0.3 is 0 Å². The van der Waals surface area contributed by atoms with Gasteiger partial charge in [0.25, 0.3) is 15.9 Å². The lowest BCUT2D eigenvalue weighted by Gasteiger charge is -2.31. The number of methoxy groups -OCH3 is 2. The van der Waals surface area contributed by atoms with Crippen molar-refractivity contribution in [2.75, 3.05) is 30.4 Å². The van der Waals surface area contributed by atoms with Gasteiger partial charge in [0.1, 0.15) is 11.5 Å². The van der Waals surface area contributed by atoms with Crippen LogP contribution in [-0.2, 0) is 16.4 Å². The second kappa shape index (κ2) is 9.15. The Hall–Kier alpha value is -3.52. The Morgan fingerprint density at radius 3 is 2.24 bits per heavy atom. The van der Waals surface area contributed by atoms with Crippen molar-refractivity contribution in [3.05, 3.63) is 77.4 Å². The number of rotatable bonds is 6. The summed E-state index contributed by atoms with van der Waals surface area (Å²) < 4.78 is 38.6. The Labute approximate surface area is 194 Å². The van der Waals surface area contributed by atoms with Crippen LogP contribution in [0.1, 0.15) is 27.9 Å². The van der Waals surface area contributed by atoms with E-state index >= 15 is 0 Å². The van der Waals surface area contributed by atoms with Gasteiger partial charge in [0.15, 0.2) is 0 Å². The van der Waals surface area contributed by atoms with E-state index in [1.54, 1.807) is 54.6 Å². The summed E-state index contributed by atoms with van der Waals surface area (Å²) in [6, 6.07) is 17.1. The smallest absolute Gasteiger partial charge is 0.264 e. The molecule has 1 heterocycles. The third-order valence-electron chi connectivity index (χ3n) is 5.64. The minimum absolute atomic E-state index is 0.249. The Balaban J connectivity index is 1.65. The van der Waals surface area contributed by atoms with Crippen LogP contribution >= 0.6 is 0 Å². The summed E-state index contributed by atoms with van der Waals surface area (Å²) >= 11 is 0. The highest BCUT2D eigenvalue weighted by Crippen LogP contribution is 2.34. The molecule has 1 amide bonds. The number of fused-ring (bicyclic) bond motifs is 1. The monoisotopic (exact) mass is 466 g/mol. The molecule has 0 bridgehead atoms. The number of amides is 1. The number of hydrogen-bond donors (Lipinski definition) is 1. The summed E-state index contributed by atoms with van der Waals surface area (Å²) in [5.41, 5.74) is 3.38. The largest absolute Gasteiger partial charge is 0.497 e. The number of carbonyl (C=O) groups is 1. The van der Waals surface area contributed by atoms with E-state index in [-0.39, 0.29) is 10.8 Å². The Bertz CT molecular complexity index is 1260. The third kappa shape index (κ3) is 4.66. The van der Waals surface area contributed by atoms with E-state index in [1.165, 1.54) is 18.5 Å². The van der Waals surface area contributed by atoms with Gasteiger partial charge in [0.2, 0.25) is 0 Å². The molecular formula is C25H26N2O5S. The molecule has 33 heavy (non-hydrogen) atoms. The first-order valence-electron chi connectivity index (χ1n) is 10.6. The zero-order chi connectivity index (χ0) is 23.6. The average Bonchev–Trinajstić information content (AvgIpc) is 2.83. The molecule has 8 heteroatoms. The van der Waals surface area contributed by atoms with Crippen LogP contribution in [0.2, 0.25) is 0 Å². The Kier molecular flexibility index (Phi) is 6.29. The highest BCUT2D eigenvalue weighted by atomic mass is 32.2. The van der Waals surface area contributed by atoms with Gasteiger partial charge in [-0.2, -0.15) is 0 Å². The van der Waals surface area contributed by atoms with Gasteiger partial charge < -0.3 is 14.8 Å². The molecular weight excluding hydrogens is 440 g/mol. The van der Waals surface area contributed by atoms with Crippen molar-refractivity contribution in [3.63, 3.8) is 0 Å². The molecule has 0 unspecified atom stereocenters. The van der Waals surface area contributed by atoms with Gasteiger partial charge in [0.05, 0.1) is 24.8 Å². The normalized spacial score (nSPS) is 13.2. The van der Waals surface area contributed by atoms with Gasteiger partial charge in [-0.1, -0.05) is 23.8 Å². The first-order valence-corrected chi connectivity index (χ1v) is 12.0. The first-order chi connectivity index (χ1) is 15.8. The lowest BCUT2D eigenvalue weighted by molar-refractivity contribution is 0.102. The van der Waals surface area contributed by atoms with Crippen LogP contribution in [-0.4, -0.2) is 35.1 Å². The SMILES string of the molecule is COc1cc(OC)cc(C(=O)Nc2ccc3c(c2)N(S(=O)(=O)c2ccc(C)cc2)CCC3)c1. The molecule has 0 spiro atoms. The zero-order valence-corrected chi connectivity index (χ0v) is 19.6. The lowest BCUT2D eigenvalue weighted by atomic mass is 10.0. The molecule has 0 aromatic heterocycles. The number of nitrogens with zero attached hydrogens (tertiary/aromatic N) is 1. The fourth-order valence-corrected chi connectivity index (χ4v) is 5.38. The molecule has 3 aromatic carbocycles. The zero-order valence-electron chi connectivity index (χ0n) is 18.8. The van der Waals surface area contributed by atoms with Gasteiger partial charge in [-0.25, -0.2) is 8.42 Å². The molecule has 0 aliphatic carbocycles. The maximum Gasteiger partial charge on any atom is 0.264 e. The van der Waals surface area contributed by atoms with Gasteiger partial charge in [-0.15, -0.1) is 0 Å². The van der Waals surface area contributed by atoms with Crippen LogP contribution in [0.4, 0.5) is 11.4 Å². The predicted molar refractivity (Wildman–Crippen MR) is 128 cm³/mol. The number of aryl methyl sites for hydroxylation is 2. The fourth-order valence-electron chi connectivity index (χ4n) is 3.85. The molecule has 0 radical (unpaired) electrons. The summed E-state index contributed by atoms with van der Waals surface area (Å²) in [5.74, 6) is 0.650. The molecule has 1 aliphatic rings. The van der Waals surface area contributed by atoms with E-state index in [1.807, 2.05) is 13.0 Å². The molecule has 7 nitrogen and oxygen atoms in total. The molecule has 0 atom stereocenters. The number of hydrogen-bond acceptors (Lipinski definition) is 5. The van der Waals surface area contributed by atoms with Crippen LogP contribution in [0.15, 0.2) is 65.6 Å². The van der Waals surface area contributed by atoms with Crippen molar-refractivity contribution >= 4 is 27.3 Å². The highest BCUT2D eigenvalue weighted by Gasteiger charge is 2.29. The van der Waals surface area contributed by atoms with E-state index in [4.69, 9.17) is 9.47 Å². The van der Waals surface area contributed by atoms with Crippen LogP contribution < -0.4 is 19.1 Å². The number of anilines is 2. The Morgan fingerprint density at radius 1 is 0.939 bits per heavy atom. The van der Waals surface area contributed by atoms with E-state index in [0.717, 1.165) is 24.0 Å². The third-order valence-corrected chi connectivity index (χ3v) is 7.47. The Morgan fingerprint density at radius 2 is 1.61 bits per heavy atom. The van der Waals surface area contributed by atoms with E-state index in [0.29, 0.717) is 35.0 Å². The maximum atomic E-state index is 13.4. The van der Waals surface area contributed by atoms with Crippen molar-refractivity contribution in [1.29, 1.82) is 0 Å². The molecule has 0 saturated carbocycles. The second-order valence-corrected chi connectivity index (χ2v) is 9.76. The number of nitrogens with one attached hydrogen (secondary N) is 1. The van der Waals surface area contributed by atoms with Crippen LogP contribution in [0, 0.1) is 6.92 Å². The van der Waals surface area contributed by atoms with Gasteiger partial charge in [-0.05, 0) is 61.7 Å². The number of ether oxygens (including phenoxy) is 2. The molecule has 4 rings (SSSR count). The van der Waals surface area contributed by atoms with Crippen molar-refractivity contribution in [2.24, 2.45) is 0 Å². The summed E-state index contributed by atoms with van der Waals surface area (Å²) in [6.07, 6.45) is 1.50. The molecule has 3 aromatic rings. The summed E-state index contributed by atoms with van der Waals surface area (Å²) in [6.45, 7) is 2.30. The summed E-state index contributed by atoms with van der Waals surface area (Å²) in [4.78, 5) is 13.1. The minimum atomic E-state index is -3.72. The highest BCUT2D eigenvalue weighted by molar-refractivity contribution is 7.92. The van der Waals surface area contributed by atoms with Crippen LogP contribution in [0.25, 0.3) is 0 Å². The molecule has 1 aliphatic heterocycles. The molecule has 0 fully saturated rings. The maximum absolute atomic E-state index is 13.4. The fraction of sp³-hybridized carbons (Fsp3) is 0.240. The first kappa shape index (κ1) is 22.7. The van der Waals surface area contributed by atoms with Crippen molar-refractivity contribution in [3.8, 4) is 11.5 Å². The topological polar surface area (TPSA) is 84.9 Å². The van der Waals surface area contributed by atoms with Gasteiger partial charge in [-0.3, -0.25) is 9.10 Å². The summed E-state index contributed by atoms with van der Waals surface area (Å²) in [5, 5.41) is 2.86. The quantitative estimate of drug-likeness (QED) is 0.582. The van der Waals surface area contributed by atoms with Gasteiger partial charge in [0, 0.05) is 23.9 Å². The number of carbonyl (C=O) groups excluding carboxylic acids is 1. The van der Waals surface area contributed by atoms with E-state index < -0.39 is 10.0 Å². The van der Waals surface area contributed by atoms with Crippen molar-refractivity contribution in [1.82, 2.24) is 0 Å². The molecule has 0 saturated heterocycles. The van der Waals surface area contributed by atoms with Crippen LogP contribution in [0.3, 0.4) is 0 Å². The van der Waals surface area contributed by atoms with Crippen molar-refractivity contribution < 1.29 is 22.7 Å². The second-order valence-electron chi connectivity index (χ2n) is 7.89. The lowest BCUT2D eigenvalue weighted by Crippen LogP contribution is -2.35. The van der Waals surface area contributed by atoms with E-state index in [2.05, 4.69) is 5.32 Å². The molecule has 1 N–H and O–H groups in total. The van der Waals surface area contributed by atoms with Crippen LogP contribution in [0.5, 0.6) is 11.5 Å². The van der Waals surface area contributed by atoms with E-state index in [9.17, 15) is 13.2 Å². The summed E-state index contributed by atoms with van der Waals surface area (Å²) in [7, 11) is -0.686. The van der Waals surface area contributed by atoms with Crippen molar-refractivity contribution in [2.45, 2.75) is 24.7 Å². The minimum Gasteiger partial charge on any atom is -0.497 e. The average molecular weight is 467 g/mol. The molecule has 172 valence electrons. The standard InChI is InChI=1S/C25H26N2O5S/c1-17-6-10-23(11-7-17)33(29,30)27-12-4-5-18-8-9-20(15-24(18)27)26-25(28)19-13-21(31-2)16-22(14-19)32-3/h6-11,13-16H,4-5,12H2,1-3H3,(H,26,28). The number of sulfonamides is 1.